The van der Waals surface area contributed by atoms with Gasteiger partial charge in [0.2, 0.25) is 0 Å². The molecular formula is C14H28N2. The number of nitrogens with one attached hydrogen (secondary N) is 1. The summed E-state index contributed by atoms with van der Waals surface area (Å²) in [5.41, 5.74) is 0.582. The number of hydrogen-bond acceptors (Lipinski definition) is 2. The summed E-state index contributed by atoms with van der Waals surface area (Å²) in [7, 11) is 0. The van der Waals surface area contributed by atoms with E-state index in [0.29, 0.717) is 5.41 Å². The summed E-state index contributed by atoms with van der Waals surface area (Å²) < 4.78 is 0. The Hall–Kier alpha value is -0.0800. The molecule has 0 radical (unpaired) electrons. The molecule has 2 aliphatic carbocycles. The van der Waals surface area contributed by atoms with Gasteiger partial charge in [-0.2, -0.15) is 0 Å². The Morgan fingerprint density at radius 3 is 2.50 bits per heavy atom. The molecule has 0 aromatic heterocycles. The van der Waals surface area contributed by atoms with E-state index >= 15 is 0 Å². The van der Waals surface area contributed by atoms with Crippen LogP contribution in [-0.4, -0.2) is 36.6 Å². The van der Waals surface area contributed by atoms with Crippen molar-refractivity contribution >= 4 is 0 Å². The highest BCUT2D eigenvalue weighted by molar-refractivity contribution is 4.87. The first-order valence-electron chi connectivity index (χ1n) is 7.08. The molecule has 2 rings (SSSR count). The molecule has 2 saturated carbocycles. The predicted octanol–water partition coefficient (Wildman–Crippen LogP) is 2.64. The van der Waals surface area contributed by atoms with Crippen molar-refractivity contribution in [3.8, 4) is 0 Å². The van der Waals surface area contributed by atoms with Gasteiger partial charge in [0.05, 0.1) is 0 Å². The van der Waals surface area contributed by atoms with Crippen LogP contribution in [0.15, 0.2) is 0 Å². The van der Waals surface area contributed by atoms with E-state index in [4.69, 9.17) is 0 Å². The summed E-state index contributed by atoms with van der Waals surface area (Å²) in [6.07, 6.45) is 7.00. The molecule has 0 heterocycles. The molecule has 1 unspecified atom stereocenters. The van der Waals surface area contributed by atoms with Crippen molar-refractivity contribution in [1.82, 2.24) is 10.2 Å². The molecule has 0 bridgehead atoms. The first-order valence-corrected chi connectivity index (χ1v) is 7.08. The molecule has 2 aliphatic rings. The molecule has 0 aromatic carbocycles. The van der Waals surface area contributed by atoms with Gasteiger partial charge in [-0.3, -0.25) is 4.90 Å². The summed E-state index contributed by atoms with van der Waals surface area (Å²) >= 11 is 0. The highest BCUT2D eigenvalue weighted by atomic mass is 15.2. The van der Waals surface area contributed by atoms with E-state index in [1.807, 2.05) is 0 Å². The van der Waals surface area contributed by atoms with Crippen molar-refractivity contribution in [2.75, 3.05) is 19.6 Å². The maximum atomic E-state index is 3.74. The van der Waals surface area contributed by atoms with Crippen LogP contribution in [0.3, 0.4) is 0 Å². The quantitative estimate of drug-likeness (QED) is 0.746. The Bertz CT molecular complexity index is 221. The van der Waals surface area contributed by atoms with Gasteiger partial charge in [0.25, 0.3) is 0 Å². The largest absolute Gasteiger partial charge is 0.313 e. The van der Waals surface area contributed by atoms with Gasteiger partial charge in [0.1, 0.15) is 0 Å². The van der Waals surface area contributed by atoms with E-state index in [9.17, 15) is 0 Å². The zero-order valence-corrected chi connectivity index (χ0v) is 11.3. The van der Waals surface area contributed by atoms with Crippen LogP contribution in [0.4, 0.5) is 0 Å². The molecule has 94 valence electrons. The van der Waals surface area contributed by atoms with E-state index in [1.165, 1.54) is 51.7 Å². The first-order chi connectivity index (χ1) is 7.61. The number of hydrogen-bond donors (Lipinski definition) is 1. The van der Waals surface area contributed by atoms with Crippen LogP contribution in [-0.2, 0) is 0 Å². The third-order valence-electron chi connectivity index (χ3n) is 4.27. The molecule has 0 amide bonds. The van der Waals surface area contributed by atoms with E-state index in [1.54, 1.807) is 0 Å². The third kappa shape index (κ3) is 3.46. The number of nitrogens with zero attached hydrogens (tertiary/aromatic N) is 1. The van der Waals surface area contributed by atoms with E-state index in [2.05, 4.69) is 31.0 Å². The van der Waals surface area contributed by atoms with Gasteiger partial charge in [-0.15, -0.1) is 0 Å². The second kappa shape index (κ2) is 5.05. The standard InChI is InChI=1S/C14H28N2/c1-4-16(13-5-6-13)10-9-15-12-7-8-14(2,3)11-12/h12-13,15H,4-11H2,1-3H3. The van der Waals surface area contributed by atoms with Crippen LogP contribution in [0.5, 0.6) is 0 Å². The fraction of sp³-hybridized carbons (Fsp3) is 1.00. The normalized spacial score (nSPS) is 28.9. The molecule has 0 spiro atoms. The van der Waals surface area contributed by atoms with Gasteiger partial charge in [-0.1, -0.05) is 20.8 Å². The van der Waals surface area contributed by atoms with Crippen LogP contribution in [0.1, 0.15) is 52.9 Å². The Balaban J connectivity index is 1.61. The lowest BCUT2D eigenvalue weighted by Gasteiger charge is -2.22. The van der Waals surface area contributed by atoms with Crippen molar-refractivity contribution < 1.29 is 0 Å². The minimum Gasteiger partial charge on any atom is -0.313 e. The Morgan fingerprint density at radius 2 is 2.00 bits per heavy atom. The van der Waals surface area contributed by atoms with Gasteiger partial charge < -0.3 is 5.32 Å². The fourth-order valence-corrected chi connectivity index (χ4v) is 3.06. The molecule has 0 aromatic rings. The summed E-state index contributed by atoms with van der Waals surface area (Å²) in [6.45, 7) is 10.7. The SMILES string of the molecule is CCN(CCNC1CCC(C)(C)C1)C1CC1. The van der Waals surface area contributed by atoms with Crippen molar-refractivity contribution in [3.05, 3.63) is 0 Å². The van der Waals surface area contributed by atoms with E-state index in [0.717, 1.165) is 12.1 Å². The molecule has 16 heavy (non-hydrogen) atoms. The smallest absolute Gasteiger partial charge is 0.0110 e. The topological polar surface area (TPSA) is 15.3 Å². The summed E-state index contributed by atoms with van der Waals surface area (Å²) in [4.78, 5) is 2.63. The second-order valence-electron chi connectivity index (χ2n) is 6.42. The van der Waals surface area contributed by atoms with Crippen LogP contribution in [0.25, 0.3) is 0 Å². The zero-order chi connectivity index (χ0) is 11.6. The molecule has 2 heteroatoms. The molecule has 1 N–H and O–H groups in total. The summed E-state index contributed by atoms with van der Waals surface area (Å²) in [5, 5.41) is 3.74. The third-order valence-corrected chi connectivity index (χ3v) is 4.27. The minimum absolute atomic E-state index is 0.582. The lowest BCUT2D eigenvalue weighted by Crippen LogP contribution is -2.37. The number of likely N-dealkylation sites (N-methyl/N-ethyl adjacent to an activating group) is 1. The maximum absolute atomic E-state index is 3.74. The maximum Gasteiger partial charge on any atom is 0.0110 e. The monoisotopic (exact) mass is 224 g/mol. The van der Waals surface area contributed by atoms with Crippen LogP contribution in [0, 0.1) is 5.41 Å². The van der Waals surface area contributed by atoms with Gasteiger partial charge >= 0.3 is 0 Å². The van der Waals surface area contributed by atoms with Crippen LogP contribution < -0.4 is 5.32 Å². The van der Waals surface area contributed by atoms with E-state index < -0.39 is 0 Å². The molecule has 2 nitrogen and oxygen atoms in total. The molecular weight excluding hydrogens is 196 g/mol. The molecule has 2 fully saturated rings. The molecule has 0 saturated heterocycles. The van der Waals surface area contributed by atoms with Crippen molar-refractivity contribution in [2.24, 2.45) is 5.41 Å². The van der Waals surface area contributed by atoms with Gasteiger partial charge in [-0.25, -0.2) is 0 Å². The minimum atomic E-state index is 0.582. The van der Waals surface area contributed by atoms with Crippen molar-refractivity contribution in [2.45, 2.75) is 65.0 Å². The Labute approximate surface area is 101 Å². The molecule has 0 aliphatic heterocycles. The van der Waals surface area contributed by atoms with Gasteiger partial charge in [-0.05, 0) is 44.1 Å². The first kappa shape index (κ1) is 12.4. The summed E-state index contributed by atoms with van der Waals surface area (Å²) in [6, 6.07) is 1.71. The Kier molecular flexibility index (Phi) is 3.91. The average Bonchev–Trinajstić information content (AvgIpc) is 2.99. The number of rotatable bonds is 6. The Morgan fingerprint density at radius 1 is 1.25 bits per heavy atom. The zero-order valence-electron chi connectivity index (χ0n) is 11.3. The van der Waals surface area contributed by atoms with Crippen molar-refractivity contribution in [3.63, 3.8) is 0 Å². The summed E-state index contributed by atoms with van der Waals surface area (Å²) in [5.74, 6) is 0. The molecule has 1 atom stereocenters. The average molecular weight is 224 g/mol. The predicted molar refractivity (Wildman–Crippen MR) is 69.7 cm³/mol. The lowest BCUT2D eigenvalue weighted by molar-refractivity contribution is 0.270. The van der Waals surface area contributed by atoms with E-state index in [-0.39, 0.29) is 0 Å². The highest BCUT2D eigenvalue weighted by Crippen LogP contribution is 2.36. The van der Waals surface area contributed by atoms with Crippen LogP contribution >= 0.6 is 0 Å². The lowest BCUT2D eigenvalue weighted by atomic mass is 9.92. The van der Waals surface area contributed by atoms with Crippen molar-refractivity contribution in [1.29, 1.82) is 0 Å². The van der Waals surface area contributed by atoms with Crippen LogP contribution in [0.2, 0.25) is 0 Å². The van der Waals surface area contributed by atoms with Gasteiger partial charge in [0.15, 0.2) is 0 Å². The second-order valence-corrected chi connectivity index (χ2v) is 6.42. The fourth-order valence-electron chi connectivity index (χ4n) is 3.06. The van der Waals surface area contributed by atoms with Gasteiger partial charge in [0, 0.05) is 25.2 Å². The highest BCUT2D eigenvalue weighted by Gasteiger charge is 2.31.